The Balaban J connectivity index is 0.000000162. The minimum Gasteiger partial charge on any atom is -0.480 e. The Morgan fingerprint density at radius 1 is 1.50 bits per heavy atom. The molecular formula is C6H11ClO3. The molecule has 1 heterocycles. The van der Waals surface area contributed by atoms with Crippen LogP contribution in [-0.4, -0.2) is 30.2 Å². The molecule has 4 heteroatoms. The maximum atomic E-state index is 9.24. The normalized spacial score (nSPS) is 15.7. The van der Waals surface area contributed by atoms with Gasteiger partial charge < -0.3 is 9.84 Å². The van der Waals surface area contributed by atoms with Gasteiger partial charge in [-0.3, -0.25) is 4.79 Å². The Morgan fingerprint density at radius 3 is 2.00 bits per heavy atom. The molecule has 0 radical (unpaired) electrons. The standard InChI is InChI=1S/C4H8O.C2H3ClO2/c1-2-4-5-3-1;3-1-2(4)5/h1-4H2;1H2,(H,4,5). The molecule has 0 saturated carbocycles. The number of rotatable bonds is 1. The molecule has 0 aliphatic carbocycles. The molecule has 60 valence electrons. The van der Waals surface area contributed by atoms with Gasteiger partial charge in [0.05, 0.1) is 0 Å². The molecule has 1 saturated heterocycles. The molecule has 0 aromatic rings. The number of aliphatic carboxylic acids is 1. The van der Waals surface area contributed by atoms with Crippen molar-refractivity contribution < 1.29 is 14.6 Å². The van der Waals surface area contributed by atoms with Crippen molar-refractivity contribution in [2.75, 3.05) is 19.1 Å². The van der Waals surface area contributed by atoms with Crippen LogP contribution in [-0.2, 0) is 9.53 Å². The first-order valence-electron chi connectivity index (χ1n) is 3.13. The van der Waals surface area contributed by atoms with Gasteiger partial charge in [-0.1, -0.05) is 0 Å². The molecule has 1 N–H and O–H groups in total. The van der Waals surface area contributed by atoms with Crippen molar-refractivity contribution in [2.45, 2.75) is 12.8 Å². The van der Waals surface area contributed by atoms with Crippen molar-refractivity contribution in [2.24, 2.45) is 0 Å². The zero-order valence-corrected chi connectivity index (χ0v) is 6.43. The SMILES string of the molecule is C1CCOC1.O=C(O)CCl. The van der Waals surface area contributed by atoms with Crippen LogP contribution in [0.4, 0.5) is 0 Å². The van der Waals surface area contributed by atoms with E-state index in [-0.39, 0.29) is 5.88 Å². The fourth-order valence-corrected chi connectivity index (χ4v) is 0.510. The molecule has 0 spiro atoms. The highest BCUT2D eigenvalue weighted by Gasteiger charge is 1.94. The van der Waals surface area contributed by atoms with Crippen LogP contribution in [0.1, 0.15) is 12.8 Å². The van der Waals surface area contributed by atoms with Gasteiger partial charge in [-0.2, -0.15) is 0 Å². The highest BCUT2D eigenvalue weighted by molar-refractivity contribution is 6.26. The summed E-state index contributed by atoms with van der Waals surface area (Å²) in [5.74, 6) is -1.29. The van der Waals surface area contributed by atoms with Crippen LogP contribution in [0.15, 0.2) is 0 Å². The third-order valence-electron chi connectivity index (χ3n) is 0.942. The second-order valence-corrected chi connectivity index (χ2v) is 2.11. The van der Waals surface area contributed by atoms with E-state index >= 15 is 0 Å². The maximum Gasteiger partial charge on any atom is 0.318 e. The molecule has 1 aliphatic rings. The Bertz CT molecular complexity index is 83.4. The molecule has 1 rings (SSSR count). The summed E-state index contributed by atoms with van der Waals surface area (Å²) in [6.45, 7) is 2.00. The molecule has 1 aliphatic heterocycles. The third-order valence-corrected chi connectivity index (χ3v) is 1.17. The van der Waals surface area contributed by atoms with Crippen LogP contribution in [0.5, 0.6) is 0 Å². The van der Waals surface area contributed by atoms with Gasteiger partial charge in [0.2, 0.25) is 0 Å². The highest BCUT2D eigenvalue weighted by atomic mass is 35.5. The van der Waals surface area contributed by atoms with E-state index in [1.165, 1.54) is 12.8 Å². The summed E-state index contributed by atoms with van der Waals surface area (Å²) in [6, 6.07) is 0. The lowest BCUT2D eigenvalue weighted by Gasteiger charge is -1.76. The molecule has 0 unspecified atom stereocenters. The maximum absolute atomic E-state index is 9.24. The first-order valence-corrected chi connectivity index (χ1v) is 3.66. The quantitative estimate of drug-likeness (QED) is 0.594. The van der Waals surface area contributed by atoms with Crippen molar-refractivity contribution in [3.8, 4) is 0 Å². The monoisotopic (exact) mass is 166 g/mol. The van der Waals surface area contributed by atoms with Gasteiger partial charge >= 0.3 is 5.97 Å². The number of ether oxygens (including phenoxy) is 1. The smallest absolute Gasteiger partial charge is 0.318 e. The van der Waals surface area contributed by atoms with Crippen LogP contribution in [0.2, 0.25) is 0 Å². The summed E-state index contributed by atoms with van der Waals surface area (Å²) in [4.78, 5) is 9.24. The summed E-state index contributed by atoms with van der Waals surface area (Å²) in [5, 5.41) is 7.59. The average molecular weight is 167 g/mol. The topological polar surface area (TPSA) is 46.5 Å². The molecule has 0 amide bonds. The first kappa shape index (κ1) is 9.72. The average Bonchev–Trinajstić information content (AvgIpc) is 2.43. The molecule has 10 heavy (non-hydrogen) atoms. The third kappa shape index (κ3) is 7.72. The molecule has 0 atom stereocenters. The van der Waals surface area contributed by atoms with E-state index in [0.717, 1.165) is 13.2 Å². The van der Waals surface area contributed by atoms with E-state index in [1.54, 1.807) is 0 Å². The van der Waals surface area contributed by atoms with Crippen molar-refractivity contribution >= 4 is 17.6 Å². The van der Waals surface area contributed by atoms with Gasteiger partial charge in [0.25, 0.3) is 0 Å². The van der Waals surface area contributed by atoms with Gasteiger partial charge in [0.1, 0.15) is 5.88 Å². The summed E-state index contributed by atoms with van der Waals surface area (Å²) in [7, 11) is 0. The minimum atomic E-state index is -0.980. The lowest BCUT2D eigenvalue weighted by molar-refractivity contribution is -0.134. The molecule has 0 aromatic heterocycles. The summed E-state index contributed by atoms with van der Waals surface area (Å²) in [6.07, 6.45) is 2.56. The van der Waals surface area contributed by atoms with Crippen molar-refractivity contribution in [1.82, 2.24) is 0 Å². The van der Waals surface area contributed by atoms with Gasteiger partial charge in [0.15, 0.2) is 0 Å². The summed E-state index contributed by atoms with van der Waals surface area (Å²) in [5.41, 5.74) is 0. The number of hydrogen-bond acceptors (Lipinski definition) is 2. The second-order valence-electron chi connectivity index (χ2n) is 1.85. The summed E-state index contributed by atoms with van der Waals surface area (Å²) >= 11 is 4.74. The largest absolute Gasteiger partial charge is 0.480 e. The Hall–Kier alpha value is -0.280. The summed E-state index contributed by atoms with van der Waals surface area (Å²) < 4.78 is 4.94. The fraction of sp³-hybridized carbons (Fsp3) is 0.833. The van der Waals surface area contributed by atoms with Crippen LogP contribution in [0.3, 0.4) is 0 Å². The van der Waals surface area contributed by atoms with Gasteiger partial charge in [-0.15, -0.1) is 11.6 Å². The number of hydrogen-bond donors (Lipinski definition) is 1. The van der Waals surface area contributed by atoms with Crippen molar-refractivity contribution in [3.05, 3.63) is 0 Å². The predicted molar refractivity (Wildman–Crippen MR) is 38.4 cm³/mol. The van der Waals surface area contributed by atoms with Crippen LogP contribution in [0.25, 0.3) is 0 Å². The molecule has 0 bridgehead atoms. The second kappa shape index (κ2) is 6.83. The van der Waals surface area contributed by atoms with E-state index in [4.69, 9.17) is 21.4 Å². The Morgan fingerprint density at radius 2 is 1.90 bits per heavy atom. The zero-order valence-electron chi connectivity index (χ0n) is 5.68. The predicted octanol–water partition coefficient (Wildman–Crippen LogP) is 1.11. The van der Waals surface area contributed by atoms with E-state index in [2.05, 4.69) is 0 Å². The zero-order chi connectivity index (χ0) is 7.82. The molecule has 3 nitrogen and oxygen atoms in total. The number of carbonyl (C=O) groups is 1. The van der Waals surface area contributed by atoms with E-state index in [0.29, 0.717) is 0 Å². The van der Waals surface area contributed by atoms with Crippen LogP contribution in [0, 0.1) is 0 Å². The lowest BCUT2D eigenvalue weighted by atomic mass is 10.4. The molecular weight excluding hydrogens is 156 g/mol. The first-order chi connectivity index (χ1) is 4.77. The molecule has 0 aromatic carbocycles. The van der Waals surface area contributed by atoms with Gasteiger partial charge in [-0.25, -0.2) is 0 Å². The number of carboxylic acid groups (broad SMARTS) is 1. The van der Waals surface area contributed by atoms with Crippen LogP contribution >= 0.6 is 11.6 Å². The Labute approximate surface area is 64.9 Å². The van der Waals surface area contributed by atoms with E-state index < -0.39 is 5.97 Å². The number of alkyl halides is 1. The highest BCUT2D eigenvalue weighted by Crippen LogP contribution is 1.98. The van der Waals surface area contributed by atoms with E-state index in [9.17, 15) is 4.79 Å². The fourth-order valence-electron chi connectivity index (χ4n) is 0.510. The van der Waals surface area contributed by atoms with Crippen LogP contribution < -0.4 is 0 Å². The van der Waals surface area contributed by atoms with Crippen molar-refractivity contribution in [1.29, 1.82) is 0 Å². The minimum absolute atomic E-state index is 0.306. The molecule has 1 fully saturated rings. The van der Waals surface area contributed by atoms with Gasteiger partial charge in [0, 0.05) is 13.2 Å². The van der Waals surface area contributed by atoms with Crippen molar-refractivity contribution in [3.63, 3.8) is 0 Å². The number of carboxylic acids is 1. The lowest BCUT2D eigenvalue weighted by Crippen LogP contribution is -1.92. The van der Waals surface area contributed by atoms with E-state index in [1.807, 2.05) is 0 Å². The van der Waals surface area contributed by atoms with Gasteiger partial charge in [-0.05, 0) is 12.8 Å². The Kier molecular flexibility index (Phi) is 6.64. The number of halogens is 1.